The molecule has 0 saturated carbocycles. The predicted octanol–water partition coefficient (Wildman–Crippen LogP) is 3.81. The third-order valence-electron chi connectivity index (χ3n) is 4.30. The Bertz CT molecular complexity index is 792. The fraction of sp³-hybridized carbons (Fsp3) is 0.364. The first-order valence-corrected chi connectivity index (χ1v) is 9.20. The summed E-state index contributed by atoms with van der Waals surface area (Å²) in [6.07, 6.45) is 0. The summed E-state index contributed by atoms with van der Waals surface area (Å²) in [4.78, 5) is 26.2. The van der Waals surface area contributed by atoms with E-state index in [1.165, 1.54) is 5.56 Å². The van der Waals surface area contributed by atoms with Crippen LogP contribution in [0.3, 0.4) is 0 Å². The van der Waals surface area contributed by atoms with Crippen molar-refractivity contribution in [3.8, 4) is 0 Å². The summed E-state index contributed by atoms with van der Waals surface area (Å²) < 4.78 is 0. The topological polar surface area (TPSA) is 61.4 Å². The molecule has 0 aliphatic heterocycles. The third kappa shape index (κ3) is 5.84. The Morgan fingerprint density at radius 3 is 2.30 bits per heavy atom. The molecule has 0 heterocycles. The molecule has 2 N–H and O–H groups in total. The molecule has 0 unspecified atom stereocenters. The van der Waals surface area contributed by atoms with Crippen LogP contribution in [-0.4, -0.2) is 32.0 Å². The number of carbonyl (C=O) groups is 2. The highest BCUT2D eigenvalue weighted by Crippen LogP contribution is 2.24. The Labute approximate surface area is 161 Å². The van der Waals surface area contributed by atoms with Gasteiger partial charge in [0.1, 0.15) is 0 Å². The maximum atomic E-state index is 12.4. The Hall–Kier alpha value is -2.82. The molecule has 0 spiro atoms. The normalized spacial score (nSPS) is 11.0. The number of nitrogens with zero attached hydrogens (tertiary/aromatic N) is 1. The van der Waals surface area contributed by atoms with Crippen molar-refractivity contribution in [3.63, 3.8) is 0 Å². The quantitative estimate of drug-likeness (QED) is 0.816. The van der Waals surface area contributed by atoms with Gasteiger partial charge in [-0.1, -0.05) is 39.0 Å². The number of hydrogen-bond donors (Lipinski definition) is 2. The Morgan fingerprint density at radius 1 is 1.04 bits per heavy atom. The van der Waals surface area contributed by atoms with E-state index < -0.39 is 0 Å². The molecule has 0 aromatic heterocycles. The summed E-state index contributed by atoms with van der Waals surface area (Å²) in [5, 5.41) is 5.61. The number of likely N-dealkylation sites (N-methyl/N-ethyl adjacent to an activating group) is 1. The summed E-state index contributed by atoms with van der Waals surface area (Å²) in [6.45, 7) is 9.18. The summed E-state index contributed by atoms with van der Waals surface area (Å²) in [6, 6.07) is 15.2. The zero-order chi connectivity index (χ0) is 20.0. The summed E-state index contributed by atoms with van der Waals surface area (Å²) in [5.74, 6) is -0.282. The van der Waals surface area contributed by atoms with Crippen LogP contribution < -0.4 is 15.5 Å². The van der Waals surface area contributed by atoms with E-state index in [4.69, 9.17) is 0 Å². The van der Waals surface area contributed by atoms with Crippen LogP contribution in [0.5, 0.6) is 0 Å². The van der Waals surface area contributed by atoms with Crippen LogP contribution in [0.4, 0.5) is 11.4 Å². The minimum Gasteiger partial charge on any atom is -0.365 e. The standard InChI is InChI=1S/C22H29N3O2/c1-6-23-21(27)16-8-7-9-18(14-16)24-20(26)15-25(5)19-12-10-17(11-13-19)22(2,3)4/h7-14H,6,15H2,1-5H3,(H,23,27)(H,24,26). The van der Waals surface area contributed by atoms with Crippen LogP contribution in [0.25, 0.3) is 0 Å². The number of anilines is 2. The van der Waals surface area contributed by atoms with Crippen molar-refractivity contribution in [2.24, 2.45) is 0 Å². The Kier molecular flexibility index (Phi) is 6.61. The first kappa shape index (κ1) is 20.5. The minimum atomic E-state index is -0.148. The van der Waals surface area contributed by atoms with E-state index in [-0.39, 0.29) is 23.8 Å². The lowest BCUT2D eigenvalue weighted by molar-refractivity contribution is -0.114. The van der Waals surface area contributed by atoms with E-state index in [1.807, 2.05) is 31.0 Å². The number of amides is 2. The summed E-state index contributed by atoms with van der Waals surface area (Å²) in [7, 11) is 1.89. The van der Waals surface area contributed by atoms with Crippen LogP contribution in [0.15, 0.2) is 48.5 Å². The monoisotopic (exact) mass is 367 g/mol. The zero-order valence-electron chi connectivity index (χ0n) is 16.8. The van der Waals surface area contributed by atoms with Gasteiger partial charge < -0.3 is 15.5 Å². The molecule has 0 aliphatic carbocycles. The maximum absolute atomic E-state index is 12.4. The number of benzene rings is 2. The van der Waals surface area contributed by atoms with Crippen LogP contribution in [0.1, 0.15) is 43.6 Å². The van der Waals surface area contributed by atoms with Gasteiger partial charge in [0.25, 0.3) is 5.91 Å². The van der Waals surface area contributed by atoms with Crippen molar-refractivity contribution in [2.45, 2.75) is 33.1 Å². The van der Waals surface area contributed by atoms with E-state index in [0.717, 1.165) is 5.69 Å². The molecule has 2 rings (SSSR count). The van der Waals surface area contributed by atoms with Gasteiger partial charge in [-0.3, -0.25) is 9.59 Å². The van der Waals surface area contributed by atoms with Gasteiger partial charge in [0.2, 0.25) is 5.91 Å². The lowest BCUT2D eigenvalue weighted by Crippen LogP contribution is -2.30. The second-order valence-corrected chi connectivity index (χ2v) is 7.64. The molecule has 0 aliphatic rings. The van der Waals surface area contributed by atoms with Crippen molar-refractivity contribution in [1.82, 2.24) is 5.32 Å². The van der Waals surface area contributed by atoms with E-state index >= 15 is 0 Å². The number of rotatable bonds is 6. The highest BCUT2D eigenvalue weighted by atomic mass is 16.2. The molecule has 2 aromatic carbocycles. The first-order chi connectivity index (χ1) is 12.7. The van der Waals surface area contributed by atoms with E-state index in [1.54, 1.807) is 24.3 Å². The number of carbonyl (C=O) groups excluding carboxylic acids is 2. The molecule has 5 nitrogen and oxygen atoms in total. The highest BCUT2D eigenvalue weighted by molar-refractivity contribution is 5.98. The third-order valence-corrected chi connectivity index (χ3v) is 4.30. The minimum absolute atomic E-state index is 0.101. The molecule has 0 fully saturated rings. The van der Waals surface area contributed by atoms with Gasteiger partial charge in [-0.25, -0.2) is 0 Å². The average molecular weight is 367 g/mol. The lowest BCUT2D eigenvalue weighted by atomic mass is 9.87. The molecule has 0 radical (unpaired) electrons. The molecule has 2 amide bonds. The Morgan fingerprint density at radius 2 is 1.70 bits per heavy atom. The van der Waals surface area contributed by atoms with Crippen LogP contribution in [-0.2, 0) is 10.2 Å². The average Bonchev–Trinajstić information content (AvgIpc) is 2.61. The van der Waals surface area contributed by atoms with Crippen LogP contribution in [0, 0.1) is 0 Å². The van der Waals surface area contributed by atoms with Crippen molar-refractivity contribution >= 4 is 23.2 Å². The fourth-order valence-electron chi connectivity index (χ4n) is 2.72. The van der Waals surface area contributed by atoms with Crippen molar-refractivity contribution < 1.29 is 9.59 Å². The SMILES string of the molecule is CCNC(=O)c1cccc(NC(=O)CN(C)c2ccc(C(C)(C)C)cc2)c1. The summed E-state index contributed by atoms with van der Waals surface area (Å²) in [5.41, 5.74) is 3.48. The molecule has 5 heteroatoms. The van der Waals surface area contributed by atoms with Gasteiger partial charge in [0, 0.05) is 30.5 Å². The van der Waals surface area contributed by atoms with Gasteiger partial charge in [0.15, 0.2) is 0 Å². The van der Waals surface area contributed by atoms with Gasteiger partial charge in [-0.05, 0) is 48.2 Å². The maximum Gasteiger partial charge on any atom is 0.251 e. The first-order valence-electron chi connectivity index (χ1n) is 9.20. The van der Waals surface area contributed by atoms with E-state index in [2.05, 4.69) is 43.5 Å². The molecule has 144 valence electrons. The zero-order valence-corrected chi connectivity index (χ0v) is 16.8. The molecule has 0 saturated heterocycles. The lowest BCUT2D eigenvalue weighted by Gasteiger charge is -2.22. The van der Waals surface area contributed by atoms with Gasteiger partial charge in [-0.2, -0.15) is 0 Å². The number of hydrogen-bond acceptors (Lipinski definition) is 3. The van der Waals surface area contributed by atoms with Gasteiger partial charge in [0.05, 0.1) is 6.54 Å². The van der Waals surface area contributed by atoms with Crippen molar-refractivity contribution in [2.75, 3.05) is 30.4 Å². The number of nitrogens with one attached hydrogen (secondary N) is 2. The van der Waals surface area contributed by atoms with Gasteiger partial charge in [-0.15, -0.1) is 0 Å². The van der Waals surface area contributed by atoms with Crippen molar-refractivity contribution in [3.05, 3.63) is 59.7 Å². The molecule has 27 heavy (non-hydrogen) atoms. The smallest absolute Gasteiger partial charge is 0.251 e. The highest BCUT2D eigenvalue weighted by Gasteiger charge is 2.14. The summed E-state index contributed by atoms with van der Waals surface area (Å²) >= 11 is 0. The van der Waals surface area contributed by atoms with E-state index in [9.17, 15) is 9.59 Å². The second-order valence-electron chi connectivity index (χ2n) is 7.64. The molecule has 0 bridgehead atoms. The Balaban J connectivity index is 1.99. The van der Waals surface area contributed by atoms with Crippen molar-refractivity contribution in [1.29, 1.82) is 0 Å². The molecule has 2 aromatic rings. The predicted molar refractivity (Wildman–Crippen MR) is 111 cm³/mol. The van der Waals surface area contributed by atoms with E-state index in [0.29, 0.717) is 17.8 Å². The van der Waals surface area contributed by atoms with Crippen LogP contribution >= 0.6 is 0 Å². The second kappa shape index (κ2) is 8.71. The van der Waals surface area contributed by atoms with Gasteiger partial charge >= 0.3 is 0 Å². The molecule has 0 atom stereocenters. The largest absolute Gasteiger partial charge is 0.365 e. The molecular formula is C22H29N3O2. The van der Waals surface area contributed by atoms with Crippen LogP contribution in [0.2, 0.25) is 0 Å². The molecular weight excluding hydrogens is 338 g/mol. The fourth-order valence-corrected chi connectivity index (χ4v) is 2.72.